The predicted molar refractivity (Wildman–Crippen MR) is 117 cm³/mol. The third-order valence-electron chi connectivity index (χ3n) is 5.31. The number of carbonyl (C=O) groups excluding carboxylic acids is 1. The molecule has 0 unspecified atom stereocenters. The van der Waals surface area contributed by atoms with Crippen LogP contribution in [-0.4, -0.2) is 38.9 Å². The van der Waals surface area contributed by atoms with Gasteiger partial charge in [-0.05, 0) is 55.7 Å². The normalized spacial score (nSPS) is 14.6. The van der Waals surface area contributed by atoms with Crippen LogP contribution in [0.4, 0.5) is 0 Å². The Morgan fingerprint density at radius 1 is 1.20 bits per heavy atom. The maximum Gasteiger partial charge on any atom is 0.254 e. The summed E-state index contributed by atoms with van der Waals surface area (Å²) in [5.74, 6) is -0.0348. The molecule has 0 saturated heterocycles. The monoisotopic (exact) mass is 450 g/mol. The van der Waals surface area contributed by atoms with Gasteiger partial charge in [0.05, 0.1) is 7.11 Å². The minimum atomic E-state index is -3.80. The molecule has 0 aromatic heterocycles. The average molecular weight is 451 g/mol. The van der Waals surface area contributed by atoms with Crippen LogP contribution in [0, 0.1) is 0 Å². The Morgan fingerprint density at radius 3 is 2.57 bits per heavy atom. The lowest BCUT2D eigenvalue weighted by molar-refractivity contribution is 0.0752. The second kappa shape index (κ2) is 9.81. The quantitative estimate of drug-likeness (QED) is 0.652. The Kier molecular flexibility index (Phi) is 7.39. The van der Waals surface area contributed by atoms with Crippen LogP contribution < -0.4 is 9.46 Å². The van der Waals surface area contributed by atoms with Gasteiger partial charge in [0.1, 0.15) is 10.6 Å². The molecular formula is C22H27ClN2O4S. The largest absolute Gasteiger partial charge is 0.495 e. The topological polar surface area (TPSA) is 75.7 Å². The Bertz CT molecular complexity index is 1000. The van der Waals surface area contributed by atoms with Gasteiger partial charge in [-0.2, -0.15) is 0 Å². The molecule has 6 nitrogen and oxygen atoms in total. The van der Waals surface area contributed by atoms with Crippen molar-refractivity contribution in [3.8, 4) is 5.75 Å². The van der Waals surface area contributed by atoms with Crippen molar-refractivity contribution in [2.75, 3.05) is 13.7 Å². The molecule has 0 bridgehead atoms. The molecule has 1 saturated carbocycles. The number of benzene rings is 2. The third kappa shape index (κ3) is 5.33. The van der Waals surface area contributed by atoms with E-state index < -0.39 is 10.0 Å². The van der Waals surface area contributed by atoms with Gasteiger partial charge >= 0.3 is 0 Å². The van der Waals surface area contributed by atoms with Crippen LogP contribution in [0.5, 0.6) is 5.75 Å². The van der Waals surface area contributed by atoms with E-state index in [4.69, 9.17) is 16.3 Å². The van der Waals surface area contributed by atoms with Crippen molar-refractivity contribution in [1.29, 1.82) is 0 Å². The number of rotatable bonds is 8. The van der Waals surface area contributed by atoms with Crippen LogP contribution in [0.1, 0.15) is 48.5 Å². The zero-order chi connectivity index (χ0) is 21.7. The van der Waals surface area contributed by atoms with E-state index in [-0.39, 0.29) is 22.6 Å². The zero-order valence-corrected chi connectivity index (χ0v) is 18.8. The molecule has 1 N–H and O–H groups in total. The molecule has 1 aliphatic carbocycles. The summed E-state index contributed by atoms with van der Waals surface area (Å²) in [7, 11) is -2.38. The highest BCUT2D eigenvalue weighted by Crippen LogP contribution is 2.28. The van der Waals surface area contributed by atoms with Gasteiger partial charge in [-0.25, -0.2) is 13.1 Å². The molecule has 162 valence electrons. The number of amides is 1. The van der Waals surface area contributed by atoms with Crippen molar-refractivity contribution in [3.05, 3.63) is 58.6 Å². The SMILES string of the molecule is CCN(Cc1cccc(Cl)c1)C(=O)c1ccc(OC)c(S(=O)(=O)NC2CCCC2)c1. The fourth-order valence-corrected chi connectivity index (χ4v) is 5.42. The maximum absolute atomic E-state index is 13.1. The van der Waals surface area contributed by atoms with E-state index in [1.54, 1.807) is 17.0 Å². The standard InChI is InChI=1S/C22H27ClN2O4S/c1-3-25(15-16-7-6-8-18(23)13-16)22(26)17-11-12-20(29-2)21(14-17)30(27,28)24-19-9-4-5-10-19/h6-8,11-14,19,24H,3-5,9-10,15H2,1-2H3. The number of sulfonamides is 1. The van der Waals surface area contributed by atoms with E-state index in [2.05, 4.69) is 4.72 Å². The fourth-order valence-electron chi connectivity index (χ4n) is 3.71. The number of ether oxygens (including phenoxy) is 1. The molecule has 30 heavy (non-hydrogen) atoms. The summed E-state index contributed by atoms with van der Waals surface area (Å²) in [6, 6.07) is 11.8. The number of hydrogen-bond donors (Lipinski definition) is 1. The van der Waals surface area contributed by atoms with Crippen molar-refractivity contribution >= 4 is 27.5 Å². The van der Waals surface area contributed by atoms with Gasteiger partial charge < -0.3 is 9.64 Å². The molecule has 1 aliphatic rings. The third-order valence-corrected chi connectivity index (χ3v) is 7.09. The molecule has 0 aliphatic heterocycles. The van der Waals surface area contributed by atoms with Gasteiger partial charge in [0.2, 0.25) is 10.0 Å². The van der Waals surface area contributed by atoms with Crippen LogP contribution in [0.25, 0.3) is 0 Å². The maximum atomic E-state index is 13.1. The molecule has 3 rings (SSSR count). The molecule has 8 heteroatoms. The molecule has 1 fully saturated rings. The molecule has 0 heterocycles. The van der Waals surface area contributed by atoms with Gasteiger partial charge in [-0.15, -0.1) is 0 Å². The average Bonchev–Trinajstić information content (AvgIpc) is 3.23. The summed E-state index contributed by atoms with van der Waals surface area (Å²) < 4.78 is 34.0. The van der Waals surface area contributed by atoms with Crippen LogP contribution in [0.15, 0.2) is 47.4 Å². The highest BCUT2D eigenvalue weighted by atomic mass is 35.5. The Hall–Kier alpha value is -2.09. The molecule has 0 spiro atoms. The summed E-state index contributed by atoms with van der Waals surface area (Å²) >= 11 is 6.05. The Balaban J connectivity index is 1.87. The summed E-state index contributed by atoms with van der Waals surface area (Å²) in [4.78, 5) is 14.8. The molecule has 1 amide bonds. The molecule has 0 radical (unpaired) electrons. The van der Waals surface area contributed by atoms with Crippen molar-refractivity contribution in [2.24, 2.45) is 0 Å². The van der Waals surface area contributed by atoms with Gasteiger partial charge in [0, 0.05) is 29.7 Å². The highest BCUT2D eigenvalue weighted by molar-refractivity contribution is 7.89. The summed E-state index contributed by atoms with van der Waals surface area (Å²) in [6.07, 6.45) is 3.67. The second-order valence-electron chi connectivity index (χ2n) is 7.42. The first-order valence-corrected chi connectivity index (χ1v) is 11.9. The Labute approximate surface area is 183 Å². The van der Waals surface area contributed by atoms with Crippen molar-refractivity contribution in [2.45, 2.75) is 50.1 Å². The molecule has 2 aromatic carbocycles. The minimum Gasteiger partial charge on any atom is -0.495 e. The number of nitrogens with one attached hydrogen (secondary N) is 1. The zero-order valence-electron chi connectivity index (χ0n) is 17.2. The lowest BCUT2D eigenvalue weighted by Gasteiger charge is -2.22. The molecule has 0 atom stereocenters. The number of carbonyl (C=O) groups is 1. The number of hydrogen-bond acceptors (Lipinski definition) is 4. The summed E-state index contributed by atoms with van der Waals surface area (Å²) in [5.41, 5.74) is 1.20. The van der Waals surface area contributed by atoms with Crippen LogP contribution in [0.2, 0.25) is 5.02 Å². The van der Waals surface area contributed by atoms with E-state index >= 15 is 0 Å². The van der Waals surface area contributed by atoms with Crippen LogP contribution >= 0.6 is 11.6 Å². The van der Waals surface area contributed by atoms with Gasteiger partial charge in [-0.3, -0.25) is 4.79 Å². The van der Waals surface area contributed by atoms with E-state index in [0.717, 1.165) is 31.2 Å². The first-order chi connectivity index (χ1) is 14.3. The van der Waals surface area contributed by atoms with Gasteiger partial charge in [-0.1, -0.05) is 36.6 Å². The van der Waals surface area contributed by atoms with Gasteiger partial charge in [0.25, 0.3) is 5.91 Å². The predicted octanol–water partition coefficient (Wildman–Crippen LogP) is 4.23. The first-order valence-electron chi connectivity index (χ1n) is 10.1. The van der Waals surface area contributed by atoms with E-state index in [0.29, 0.717) is 23.7 Å². The minimum absolute atomic E-state index is 0.0124. The first kappa shape index (κ1) is 22.6. The van der Waals surface area contributed by atoms with Gasteiger partial charge in [0.15, 0.2) is 0 Å². The molecule has 2 aromatic rings. The smallest absolute Gasteiger partial charge is 0.254 e. The fraction of sp³-hybridized carbons (Fsp3) is 0.409. The van der Waals surface area contributed by atoms with Crippen molar-refractivity contribution in [3.63, 3.8) is 0 Å². The van der Waals surface area contributed by atoms with E-state index in [1.165, 1.54) is 19.2 Å². The van der Waals surface area contributed by atoms with E-state index in [9.17, 15) is 13.2 Å². The molecular weight excluding hydrogens is 424 g/mol. The number of nitrogens with zero attached hydrogens (tertiary/aromatic N) is 1. The second-order valence-corrected chi connectivity index (χ2v) is 9.54. The highest BCUT2D eigenvalue weighted by Gasteiger charge is 2.27. The summed E-state index contributed by atoms with van der Waals surface area (Å²) in [6.45, 7) is 2.73. The van der Waals surface area contributed by atoms with Crippen LogP contribution in [0.3, 0.4) is 0 Å². The summed E-state index contributed by atoms with van der Waals surface area (Å²) in [5, 5.41) is 0.604. The number of methoxy groups -OCH3 is 1. The van der Waals surface area contributed by atoms with Crippen molar-refractivity contribution in [1.82, 2.24) is 9.62 Å². The lowest BCUT2D eigenvalue weighted by Crippen LogP contribution is -2.33. The van der Waals surface area contributed by atoms with Crippen molar-refractivity contribution < 1.29 is 17.9 Å². The lowest BCUT2D eigenvalue weighted by atomic mass is 10.1. The Morgan fingerprint density at radius 2 is 1.93 bits per heavy atom. The van der Waals surface area contributed by atoms with E-state index in [1.807, 2.05) is 25.1 Å². The number of halogens is 1. The van der Waals surface area contributed by atoms with Crippen LogP contribution in [-0.2, 0) is 16.6 Å².